The van der Waals surface area contributed by atoms with Crippen LogP contribution in [0.4, 0.5) is 10.1 Å². The van der Waals surface area contributed by atoms with Gasteiger partial charge in [0.2, 0.25) is 0 Å². The van der Waals surface area contributed by atoms with E-state index < -0.39 is 5.91 Å². The van der Waals surface area contributed by atoms with E-state index in [1.807, 2.05) is 11.0 Å². The van der Waals surface area contributed by atoms with Crippen molar-refractivity contribution < 1.29 is 9.18 Å². The molecule has 1 atom stereocenters. The molecule has 5 heteroatoms. The van der Waals surface area contributed by atoms with Gasteiger partial charge in [-0.1, -0.05) is 6.92 Å². The van der Waals surface area contributed by atoms with Gasteiger partial charge in [-0.15, -0.1) is 0 Å². The van der Waals surface area contributed by atoms with Gasteiger partial charge in [-0.2, -0.15) is 5.26 Å². The molecule has 1 N–H and O–H groups in total. The molecular weight excluding hydrogens is 269 g/mol. The third-order valence-corrected chi connectivity index (χ3v) is 3.47. The lowest BCUT2D eigenvalue weighted by Crippen LogP contribution is -2.31. The maximum Gasteiger partial charge on any atom is 0.267 e. The largest absolute Gasteiger partial charge is 0.376 e. The van der Waals surface area contributed by atoms with Gasteiger partial charge in [0, 0.05) is 25.0 Å². The van der Waals surface area contributed by atoms with E-state index in [1.165, 1.54) is 30.7 Å². The molecule has 1 aromatic rings. The Bertz CT molecular complexity index is 574. The number of carbonyl (C=O) groups excluding carboxylic acids is 1. The maximum atomic E-state index is 12.8. The molecule has 1 aromatic carbocycles. The predicted molar refractivity (Wildman–Crippen MR) is 78.7 cm³/mol. The van der Waals surface area contributed by atoms with Crippen molar-refractivity contribution in [1.29, 1.82) is 5.26 Å². The molecule has 1 amide bonds. The molecule has 21 heavy (non-hydrogen) atoms. The molecular formula is C16H18FN3O. The summed E-state index contributed by atoms with van der Waals surface area (Å²) in [5, 5.41) is 11.7. The fourth-order valence-electron chi connectivity index (χ4n) is 2.40. The second kappa shape index (κ2) is 6.89. The Hall–Kier alpha value is -2.35. The highest BCUT2D eigenvalue weighted by Crippen LogP contribution is 2.17. The van der Waals surface area contributed by atoms with Crippen LogP contribution in [0.3, 0.4) is 0 Å². The number of benzene rings is 1. The van der Waals surface area contributed by atoms with Crippen LogP contribution in [0.2, 0.25) is 0 Å². The molecule has 1 saturated heterocycles. The summed E-state index contributed by atoms with van der Waals surface area (Å²) in [6, 6.07) is 7.38. The number of amides is 1. The molecule has 1 aliphatic heterocycles. The molecule has 0 bridgehead atoms. The van der Waals surface area contributed by atoms with E-state index in [9.17, 15) is 9.18 Å². The second-order valence-corrected chi connectivity index (χ2v) is 5.36. The zero-order valence-electron chi connectivity index (χ0n) is 12.0. The van der Waals surface area contributed by atoms with Crippen molar-refractivity contribution in [2.75, 3.05) is 18.4 Å². The third kappa shape index (κ3) is 4.32. The van der Waals surface area contributed by atoms with Gasteiger partial charge in [0.05, 0.1) is 0 Å². The van der Waals surface area contributed by atoms with E-state index in [-0.39, 0.29) is 11.4 Å². The summed E-state index contributed by atoms with van der Waals surface area (Å²) < 4.78 is 12.8. The Morgan fingerprint density at radius 1 is 1.48 bits per heavy atom. The Morgan fingerprint density at radius 3 is 2.81 bits per heavy atom. The molecule has 1 aliphatic rings. The topological polar surface area (TPSA) is 56.1 Å². The molecule has 0 spiro atoms. The molecule has 110 valence electrons. The van der Waals surface area contributed by atoms with Gasteiger partial charge in [0.25, 0.3) is 5.91 Å². The molecule has 2 rings (SSSR count). The lowest BCUT2D eigenvalue weighted by molar-refractivity contribution is -0.112. The van der Waals surface area contributed by atoms with Crippen LogP contribution < -0.4 is 5.32 Å². The number of rotatable bonds is 3. The van der Waals surface area contributed by atoms with E-state index in [2.05, 4.69) is 12.2 Å². The second-order valence-electron chi connectivity index (χ2n) is 5.36. The monoisotopic (exact) mass is 287 g/mol. The molecule has 0 radical (unpaired) electrons. The summed E-state index contributed by atoms with van der Waals surface area (Å²) >= 11 is 0. The van der Waals surface area contributed by atoms with E-state index in [1.54, 1.807) is 6.20 Å². The lowest BCUT2D eigenvalue weighted by atomic mass is 10.0. The fourth-order valence-corrected chi connectivity index (χ4v) is 2.40. The number of anilines is 1. The van der Waals surface area contributed by atoms with Crippen molar-refractivity contribution in [3.63, 3.8) is 0 Å². The van der Waals surface area contributed by atoms with Gasteiger partial charge < -0.3 is 10.2 Å². The Kier molecular flexibility index (Phi) is 4.94. The fraction of sp³-hybridized carbons (Fsp3) is 0.375. The third-order valence-electron chi connectivity index (χ3n) is 3.47. The molecule has 0 saturated carbocycles. The summed E-state index contributed by atoms with van der Waals surface area (Å²) in [7, 11) is 0. The first-order valence-corrected chi connectivity index (χ1v) is 7.01. The summed E-state index contributed by atoms with van der Waals surface area (Å²) in [4.78, 5) is 14.1. The van der Waals surface area contributed by atoms with Crippen LogP contribution in [-0.4, -0.2) is 23.9 Å². The highest BCUT2D eigenvalue weighted by Gasteiger charge is 2.16. The first-order chi connectivity index (χ1) is 10.1. The van der Waals surface area contributed by atoms with Gasteiger partial charge in [-0.05, 0) is 43.0 Å². The first kappa shape index (κ1) is 15.0. The summed E-state index contributed by atoms with van der Waals surface area (Å²) in [5.74, 6) is -0.274. The van der Waals surface area contributed by atoms with Crippen molar-refractivity contribution >= 4 is 11.6 Å². The molecule has 1 unspecified atom stereocenters. The Balaban J connectivity index is 2.04. The van der Waals surface area contributed by atoms with Crippen molar-refractivity contribution in [3.05, 3.63) is 41.9 Å². The zero-order chi connectivity index (χ0) is 15.2. The summed E-state index contributed by atoms with van der Waals surface area (Å²) in [6.45, 7) is 3.87. The van der Waals surface area contributed by atoms with Gasteiger partial charge in [0.1, 0.15) is 17.5 Å². The van der Waals surface area contributed by atoms with Crippen LogP contribution in [0.25, 0.3) is 0 Å². The van der Waals surface area contributed by atoms with Crippen molar-refractivity contribution in [1.82, 2.24) is 4.90 Å². The molecule has 4 nitrogen and oxygen atoms in total. The number of carbonyl (C=O) groups is 1. The maximum absolute atomic E-state index is 12.8. The number of halogens is 1. The van der Waals surface area contributed by atoms with Crippen molar-refractivity contribution in [2.24, 2.45) is 5.92 Å². The number of nitrogens with zero attached hydrogens (tertiary/aromatic N) is 2. The van der Waals surface area contributed by atoms with Crippen molar-refractivity contribution in [2.45, 2.75) is 19.8 Å². The quantitative estimate of drug-likeness (QED) is 0.687. The van der Waals surface area contributed by atoms with E-state index in [0.717, 1.165) is 19.5 Å². The minimum Gasteiger partial charge on any atom is -0.376 e. The number of nitriles is 1. The van der Waals surface area contributed by atoms with E-state index in [4.69, 9.17) is 5.26 Å². The number of hydrogen-bond acceptors (Lipinski definition) is 3. The highest BCUT2D eigenvalue weighted by atomic mass is 19.1. The van der Waals surface area contributed by atoms with Crippen LogP contribution in [0.1, 0.15) is 19.8 Å². The molecule has 1 fully saturated rings. The van der Waals surface area contributed by atoms with Crippen LogP contribution >= 0.6 is 0 Å². The van der Waals surface area contributed by atoms with Crippen molar-refractivity contribution in [3.8, 4) is 6.07 Å². The number of hydrogen-bond donors (Lipinski definition) is 1. The van der Waals surface area contributed by atoms with Crippen LogP contribution in [0.5, 0.6) is 0 Å². The Labute approximate surface area is 123 Å². The minimum atomic E-state index is -0.470. The molecule has 0 aliphatic carbocycles. The zero-order valence-corrected chi connectivity index (χ0v) is 12.0. The van der Waals surface area contributed by atoms with Crippen LogP contribution in [0, 0.1) is 23.1 Å². The van der Waals surface area contributed by atoms with E-state index >= 15 is 0 Å². The van der Waals surface area contributed by atoms with Gasteiger partial charge in [-0.25, -0.2) is 4.39 Å². The number of likely N-dealkylation sites (tertiary alicyclic amines) is 1. The van der Waals surface area contributed by atoms with Gasteiger partial charge in [0.15, 0.2) is 0 Å². The number of nitrogens with one attached hydrogen (secondary N) is 1. The predicted octanol–water partition coefficient (Wildman–Crippen LogP) is 2.90. The SMILES string of the molecule is CC1CCCN(/C=C(/C#N)C(=O)Nc2ccc(F)cc2)C1. The molecule has 0 aromatic heterocycles. The molecule has 1 heterocycles. The lowest BCUT2D eigenvalue weighted by Gasteiger charge is -2.29. The summed E-state index contributed by atoms with van der Waals surface area (Å²) in [6.07, 6.45) is 3.86. The average molecular weight is 287 g/mol. The summed E-state index contributed by atoms with van der Waals surface area (Å²) in [5.41, 5.74) is 0.531. The van der Waals surface area contributed by atoms with Gasteiger partial charge in [-0.3, -0.25) is 4.79 Å². The van der Waals surface area contributed by atoms with Crippen LogP contribution in [-0.2, 0) is 4.79 Å². The standard InChI is InChI=1S/C16H18FN3O/c1-12-3-2-8-20(10-12)11-13(9-18)16(21)19-15-6-4-14(17)5-7-15/h4-7,11-12H,2-3,8,10H2,1H3,(H,19,21)/b13-11-. The smallest absolute Gasteiger partial charge is 0.267 e. The Morgan fingerprint density at radius 2 is 2.19 bits per heavy atom. The number of piperidine rings is 1. The van der Waals surface area contributed by atoms with Crippen LogP contribution in [0.15, 0.2) is 36.0 Å². The van der Waals surface area contributed by atoms with E-state index in [0.29, 0.717) is 11.6 Å². The first-order valence-electron chi connectivity index (χ1n) is 7.01. The minimum absolute atomic E-state index is 0.0634. The normalized spacial score (nSPS) is 19.0. The highest BCUT2D eigenvalue weighted by molar-refractivity contribution is 6.06. The van der Waals surface area contributed by atoms with Gasteiger partial charge >= 0.3 is 0 Å². The average Bonchev–Trinajstić information content (AvgIpc) is 2.47.